The molecule has 0 bridgehead atoms. The molecule has 1 amide bonds. The summed E-state index contributed by atoms with van der Waals surface area (Å²) in [7, 11) is 0. The molecule has 2 aliphatic carbocycles. The molecule has 2 saturated carbocycles. The van der Waals surface area contributed by atoms with Gasteiger partial charge in [-0.25, -0.2) is 0 Å². The van der Waals surface area contributed by atoms with Gasteiger partial charge in [0.1, 0.15) is 0 Å². The summed E-state index contributed by atoms with van der Waals surface area (Å²) in [5, 5.41) is 0. The molecule has 2 fully saturated rings. The highest BCUT2D eigenvalue weighted by Crippen LogP contribution is 2.29. The van der Waals surface area contributed by atoms with Crippen LogP contribution in [0.5, 0.6) is 0 Å². The first-order chi connectivity index (χ1) is 8.33. The highest BCUT2D eigenvalue weighted by atomic mass is 16.2. The predicted molar refractivity (Wildman–Crippen MR) is 70.8 cm³/mol. The zero-order valence-corrected chi connectivity index (χ0v) is 11.3. The molecular weight excluding hydrogens is 210 g/mol. The fourth-order valence-corrected chi connectivity index (χ4v) is 3.57. The fraction of sp³-hybridized carbons (Fsp3) is 0.933. The molecule has 0 aromatic carbocycles. The molecule has 0 radical (unpaired) electrons. The van der Waals surface area contributed by atoms with E-state index in [1.807, 2.05) is 0 Å². The van der Waals surface area contributed by atoms with Gasteiger partial charge in [0.2, 0.25) is 5.91 Å². The minimum Gasteiger partial charge on any atom is -0.340 e. The van der Waals surface area contributed by atoms with Gasteiger partial charge in [0.25, 0.3) is 0 Å². The summed E-state index contributed by atoms with van der Waals surface area (Å²) in [6, 6.07) is 0.558. The first kappa shape index (κ1) is 12.9. The van der Waals surface area contributed by atoms with Crippen LogP contribution >= 0.6 is 0 Å². The van der Waals surface area contributed by atoms with E-state index in [1.54, 1.807) is 0 Å². The first-order valence-electron chi connectivity index (χ1n) is 7.63. The van der Waals surface area contributed by atoms with Gasteiger partial charge in [0.15, 0.2) is 0 Å². The summed E-state index contributed by atoms with van der Waals surface area (Å²) < 4.78 is 0. The average Bonchev–Trinajstić information content (AvgIpc) is 2.42. The summed E-state index contributed by atoms with van der Waals surface area (Å²) in [6.45, 7) is 3.06. The third kappa shape index (κ3) is 3.23. The molecule has 0 unspecified atom stereocenters. The van der Waals surface area contributed by atoms with Crippen molar-refractivity contribution in [1.29, 1.82) is 0 Å². The minimum absolute atomic E-state index is 0.352. The van der Waals surface area contributed by atoms with Gasteiger partial charge in [0, 0.05) is 18.5 Å². The van der Waals surface area contributed by atoms with Crippen LogP contribution in [0.3, 0.4) is 0 Å². The van der Waals surface area contributed by atoms with Crippen LogP contribution in [0.2, 0.25) is 0 Å². The molecule has 2 nitrogen and oxygen atoms in total. The Morgan fingerprint density at radius 1 is 0.941 bits per heavy atom. The maximum absolute atomic E-state index is 12.6. The predicted octanol–water partition coefficient (Wildman–Crippen LogP) is 3.75. The molecule has 0 spiro atoms. The number of hydrogen-bond acceptors (Lipinski definition) is 1. The van der Waals surface area contributed by atoms with Crippen molar-refractivity contribution in [2.24, 2.45) is 5.92 Å². The van der Waals surface area contributed by atoms with Crippen molar-refractivity contribution in [2.75, 3.05) is 6.54 Å². The lowest BCUT2D eigenvalue weighted by atomic mass is 9.86. The number of amides is 1. The Balaban J connectivity index is 1.93. The van der Waals surface area contributed by atoms with E-state index in [0.29, 0.717) is 17.9 Å². The second-order valence-corrected chi connectivity index (χ2v) is 5.75. The Bertz CT molecular complexity index is 239. The van der Waals surface area contributed by atoms with Gasteiger partial charge in [-0.3, -0.25) is 4.79 Å². The maximum atomic E-state index is 12.6. The molecule has 0 N–H and O–H groups in total. The van der Waals surface area contributed by atoms with Crippen molar-refractivity contribution in [1.82, 2.24) is 4.90 Å². The van der Waals surface area contributed by atoms with E-state index in [-0.39, 0.29) is 0 Å². The lowest BCUT2D eigenvalue weighted by Crippen LogP contribution is -2.44. The number of carbonyl (C=O) groups is 1. The average molecular weight is 237 g/mol. The van der Waals surface area contributed by atoms with Crippen molar-refractivity contribution in [3.63, 3.8) is 0 Å². The summed E-state index contributed by atoms with van der Waals surface area (Å²) in [6.07, 6.45) is 12.6. The van der Waals surface area contributed by atoms with Gasteiger partial charge < -0.3 is 4.90 Å². The SMILES string of the molecule is CCN(C(=O)C1CCCCC1)C1CCCCC1. The lowest BCUT2D eigenvalue weighted by molar-refractivity contribution is -0.139. The number of carbonyl (C=O) groups excluding carboxylic acids is 1. The van der Waals surface area contributed by atoms with Crippen LogP contribution in [-0.4, -0.2) is 23.4 Å². The zero-order chi connectivity index (χ0) is 12.1. The molecular formula is C15H27NO. The van der Waals surface area contributed by atoms with Crippen LogP contribution in [0.4, 0.5) is 0 Å². The molecule has 0 aliphatic heterocycles. The Labute approximate surface area is 106 Å². The van der Waals surface area contributed by atoms with Crippen molar-refractivity contribution >= 4 is 5.91 Å². The van der Waals surface area contributed by atoms with Gasteiger partial charge in [-0.2, -0.15) is 0 Å². The van der Waals surface area contributed by atoms with Crippen LogP contribution in [-0.2, 0) is 4.79 Å². The lowest BCUT2D eigenvalue weighted by Gasteiger charge is -2.36. The van der Waals surface area contributed by atoms with E-state index >= 15 is 0 Å². The number of rotatable bonds is 3. The van der Waals surface area contributed by atoms with Gasteiger partial charge in [-0.05, 0) is 32.6 Å². The van der Waals surface area contributed by atoms with Crippen molar-refractivity contribution < 1.29 is 4.79 Å². The Morgan fingerprint density at radius 3 is 2.00 bits per heavy atom. The quantitative estimate of drug-likeness (QED) is 0.732. The minimum atomic E-state index is 0.352. The van der Waals surface area contributed by atoms with E-state index < -0.39 is 0 Å². The third-order valence-electron chi connectivity index (χ3n) is 4.59. The second-order valence-electron chi connectivity index (χ2n) is 5.75. The summed E-state index contributed by atoms with van der Waals surface area (Å²) in [5.74, 6) is 0.824. The van der Waals surface area contributed by atoms with Gasteiger partial charge in [-0.15, -0.1) is 0 Å². The Morgan fingerprint density at radius 2 is 1.47 bits per heavy atom. The Hall–Kier alpha value is -0.530. The van der Waals surface area contributed by atoms with Gasteiger partial charge in [0.05, 0.1) is 0 Å². The monoisotopic (exact) mass is 237 g/mol. The first-order valence-corrected chi connectivity index (χ1v) is 7.63. The van der Waals surface area contributed by atoms with Crippen LogP contribution < -0.4 is 0 Å². The van der Waals surface area contributed by atoms with E-state index in [2.05, 4.69) is 11.8 Å². The molecule has 0 heterocycles. The van der Waals surface area contributed by atoms with E-state index in [0.717, 1.165) is 19.4 Å². The summed E-state index contributed by atoms with van der Waals surface area (Å²) >= 11 is 0. The van der Waals surface area contributed by atoms with E-state index in [1.165, 1.54) is 51.4 Å². The summed E-state index contributed by atoms with van der Waals surface area (Å²) in [4.78, 5) is 14.8. The fourth-order valence-electron chi connectivity index (χ4n) is 3.57. The van der Waals surface area contributed by atoms with Crippen LogP contribution in [0.1, 0.15) is 71.1 Å². The molecule has 0 atom stereocenters. The third-order valence-corrected chi connectivity index (χ3v) is 4.59. The van der Waals surface area contributed by atoms with E-state index in [4.69, 9.17) is 0 Å². The normalized spacial score (nSPS) is 23.6. The van der Waals surface area contributed by atoms with Crippen molar-refractivity contribution in [2.45, 2.75) is 77.2 Å². The standard InChI is InChI=1S/C15H27NO/c1-2-16(14-11-7-4-8-12-14)15(17)13-9-5-3-6-10-13/h13-14H,2-12H2,1H3. The molecule has 17 heavy (non-hydrogen) atoms. The zero-order valence-electron chi connectivity index (χ0n) is 11.3. The van der Waals surface area contributed by atoms with Crippen molar-refractivity contribution in [3.05, 3.63) is 0 Å². The molecule has 0 saturated heterocycles. The second kappa shape index (κ2) is 6.42. The van der Waals surface area contributed by atoms with Crippen LogP contribution in [0.25, 0.3) is 0 Å². The van der Waals surface area contributed by atoms with E-state index in [9.17, 15) is 4.79 Å². The molecule has 0 aromatic heterocycles. The highest BCUT2D eigenvalue weighted by Gasteiger charge is 2.30. The number of nitrogens with zero attached hydrogens (tertiary/aromatic N) is 1. The van der Waals surface area contributed by atoms with Crippen LogP contribution in [0.15, 0.2) is 0 Å². The largest absolute Gasteiger partial charge is 0.340 e. The maximum Gasteiger partial charge on any atom is 0.225 e. The van der Waals surface area contributed by atoms with Gasteiger partial charge in [-0.1, -0.05) is 38.5 Å². The molecule has 98 valence electrons. The summed E-state index contributed by atoms with van der Waals surface area (Å²) in [5.41, 5.74) is 0. The smallest absolute Gasteiger partial charge is 0.225 e. The van der Waals surface area contributed by atoms with Crippen LogP contribution in [0, 0.1) is 5.92 Å². The highest BCUT2D eigenvalue weighted by molar-refractivity contribution is 5.79. The molecule has 2 heteroatoms. The molecule has 0 aromatic rings. The van der Waals surface area contributed by atoms with Gasteiger partial charge >= 0.3 is 0 Å². The molecule has 2 aliphatic rings. The topological polar surface area (TPSA) is 20.3 Å². The number of hydrogen-bond donors (Lipinski definition) is 0. The Kier molecular flexibility index (Phi) is 4.87. The van der Waals surface area contributed by atoms with Crippen molar-refractivity contribution in [3.8, 4) is 0 Å². The molecule has 2 rings (SSSR count).